The summed E-state index contributed by atoms with van der Waals surface area (Å²) >= 11 is 0. The Bertz CT molecular complexity index is 551. The molecule has 0 bridgehead atoms. The van der Waals surface area contributed by atoms with Crippen molar-refractivity contribution in [3.05, 3.63) is 17.5 Å². The Hall–Kier alpha value is -0.880. The normalized spacial score (nSPS) is 23.1. The van der Waals surface area contributed by atoms with Gasteiger partial charge in [0.05, 0.1) is 17.2 Å². The Morgan fingerprint density at radius 3 is 2.75 bits per heavy atom. The van der Waals surface area contributed by atoms with Gasteiger partial charge in [-0.05, 0) is 44.1 Å². The number of rotatable bonds is 6. The van der Waals surface area contributed by atoms with Crippen LogP contribution < -0.4 is 0 Å². The number of hydrogen-bond donors (Lipinski definition) is 1. The van der Waals surface area contributed by atoms with Gasteiger partial charge in [-0.1, -0.05) is 6.92 Å². The van der Waals surface area contributed by atoms with Crippen molar-refractivity contribution in [3.63, 3.8) is 0 Å². The van der Waals surface area contributed by atoms with Gasteiger partial charge < -0.3 is 5.11 Å². The lowest BCUT2D eigenvalue weighted by Gasteiger charge is -2.20. The summed E-state index contributed by atoms with van der Waals surface area (Å²) in [7, 11) is -2.89. The molecule has 2 unspecified atom stereocenters. The molecule has 6 heteroatoms. The first-order valence-corrected chi connectivity index (χ1v) is 9.18. The molecule has 0 radical (unpaired) electrons. The minimum Gasteiger partial charge on any atom is -0.396 e. The zero-order valence-corrected chi connectivity index (χ0v) is 13.1. The molecular formula is C14H24N2O3S. The second kappa shape index (κ2) is 6.26. The van der Waals surface area contributed by atoms with Crippen LogP contribution in [0.5, 0.6) is 0 Å². The van der Waals surface area contributed by atoms with Crippen molar-refractivity contribution < 1.29 is 13.5 Å². The maximum atomic E-state index is 11.6. The molecule has 20 heavy (non-hydrogen) atoms. The summed E-state index contributed by atoms with van der Waals surface area (Å²) in [6, 6.07) is 2.08. The van der Waals surface area contributed by atoms with Crippen molar-refractivity contribution in [1.29, 1.82) is 0 Å². The zero-order chi connectivity index (χ0) is 14.8. The van der Waals surface area contributed by atoms with E-state index in [0.29, 0.717) is 12.8 Å². The number of aryl methyl sites for hydroxylation is 2. The molecule has 0 aromatic carbocycles. The predicted octanol–water partition coefficient (Wildman–Crippen LogP) is 1.05. The lowest BCUT2D eigenvalue weighted by molar-refractivity contribution is 0.181. The molecule has 1 aliphatic heterocycles. The van der Waals surface area contributed by atoms with Gasteiger partial charge in [0.15, 0.2) is 9.84 Å². The highest BCUT2D eigenvalue weighted by Gasteiger charge is 2.33. The van der Waals surface area contributed by atoms with E-state index in [1.807, 2.05) is 11.6 Å². The van der Waals surface area contributed by atoms with E-state index < -0.39 is 9.84 Å². The minimum absolute atomic E-state index is 0.0129. The fraction of sp³-hybridized carbons (Fsp3) is 0.786. The van der Waals surface area contributed by atoms with E-state index in [0.717, 1.165) is 24.4 Å². The lowest BCUT2D eigenvalue weighted by Crippen LogP contribution is -2.23. The van der Waals surface area contributed by atoms with E-state index in [9.17, 15) is 13.5 Å². The number of aliphatic hydroxyl groups excluding tert-OH is 1. The minimum atomic E-state index is -2.89. The van der Waals surface area contributed by atoms with Gasteiger partial charge in [0.2, 0.25) is 0 Å². The molecule has 1 aromatic rings. The Labute approximate surface area is 120 Å². The molecule has 0 saturated carbocycles. The van der Waals surface area contributed by atoms with Gasteiger partial charge >= 0.3 is 0 Å². The molecule has 1 aromatic heterocycles. The van der Waals surface area contributed by atoms with Crippen molar-refractivity contribution in [2.75, 3.05) is 18.1 Å². The summed E-state index contributed by atoms with van der Waals surface area (Å²) in [5, 5.41) is 14.1. The quantitative estimate of drug-likeness (QED) is 0.852. The highest BCUT2D eigenvalue weighted by atomic mass is 32.2. The van der Waals surface area contributed by atoms with Gasteiger partial charge in [-0.2, -0.15) is 5.10 Å². The molecule has 1 aliphatic rings. The second-order valence-electron chi connectivity index (χ2n) is 5.61. The van der Waals surface area contributed by atoms with Crippen molar-refractivity contribution in [1.82, 2.24) is 9.78 Å². The van der Waals surface area contributed by atoms with Crippen molar-refractivity contribution >= 4 is 9.84 Å². The standard InChI is InChI=1S/C14H24N2O3S/c1-3-13-8-14(16(4-2)15-13)7-12(9-17)11-5-6-20(18,19)10-11/h8,11-12,17H,3-7,9-10H2,1-2H3. The molecule has 1 fully saturated rings. The summed E-state index contributed by atoms with van der Waals surface area (Å²) in [4.78, 5) is 0. The first-order chi connectivity index (χ1) is 9.49. The largest absolute Gasteiger partial charge is 0.396 e. The monoisotopic (exact) mass is 300 g/mol. The summed E-state index contributed by atoms with van der Waals surface area (Å²) in [5.41, 5.74) is 2.16. The van der Waals surface area contributed by atoms with Crippen LogP contribution >= 0.6 is 0 Å². The molecule has 114 valence electrons. The number of nitrogens with zero attached hydrogens (tertiary/aromatic N) is 2. The third-order valence-corrected chi connectivity index (χ3v) is 6.01. The van der Waals surface area contributed by atoms with Crippen LogP contribution in [0.1, 0.15) is 31.7 Å². The van der Waals surface area contributed by atoms with E-state index in [1.165, 1.54) is 0 Å². The highest BCUT2D eigenvalue weighted by Crippen LogP contribution is 2.28. The van der Waals surface area contributed by atoms with Gasteiger partial charge in [0, 0.05) is 18.8 Å². The smallest absolute Gasteiger partial charge is 0.150 e. The average molecular weight is 300 g/mol. The van der Waals surface area contributed by atoms with Gasteiger partial charge in [0.1, 0.15) is 0 Å². The summed E-state index contributed by atoms with van der Waals surface area (Å²) in [6.45, 7) is 4.95. The third-order valence-electron chi connectivity index (χ3n) is 4.22. The molecule has 1 saturated heterocycles. The van der Waals surface area contributed by atoms with Crippen LogP contribution in [0.2, 0.25) is 0 Å². The van der Waals surface area contributed by atoms with Crippen molar-refractivity contribution in [2.45, 2.75) is 39.7 Å². The SMILES string of the molecule is CCc1cc(CC(CO)C2CCS(=O)(=O)C2)n(CC)n1. The molecule has 0 spiro atoms. The maximum Gasteiger partial charge on any atom is 0.150 e. The lowest BCUT2D eigenvalue weighted by atomic mass is 9.88. The zero-order valence-electron chi connectivity index (χ0n) is 12.2. The van der Waals surface area contributed by atoms with Crippen LogP contribution in [0.3, 0.4) is 0 Å². The van der Waals surface area contributed by atoms with Crippen LogP contribution in [0.25, 0.3) is 0 Å². The third kappa shape index (κ3) is 3.41. The Morgan fingerprint density at radius 1 is 1.50 bits per heavy atom. The maximum absolute atomic E-state index is 11.6. The van der Waals surface area contributed by atoms with Crippen LogP contribution in [-0.2, 0) is 29.2 Å². The predicted molar refractivity (Wildman–Crippen MR) is 78.3 cm³/mol. The summed E-state index contributed by atoms with van der Waals surface area (Å²) in [6.07, 6.45) is 2.27. The topological polar surface area (TPSA) is 72.2 Å². The number of sulfone groups is 1. The molecule has 0 amide bonds. The summed E-state index contributed by atoms with van der Waals surface area (Å²) < 4.78 is 25.1. The van der Waals surface area contributed by atoms with Gasteiger partial charge in [-0.25, -0.2) is 8.42 Å². The van der Waals surface area contributed by atoms with Crippen LogP contribution in [0.4, 0.5) is 0 Å². The number of hydrogen-bond acceptors (Lipinski definition) is 4. The molecule has 2 rings (SSSR count). The number of aliphatic hydroxyl groups is 1. The molecular weight excluding hydrogens is 276 g/mol. The molecule has 0 aliphatic carbocycles. The molecule has 1 N–H and O–H groups in total. The van der Waals surface area contributed by atoms with Crippen molar-refractivity contribution in [2.24, 2.45) is 11.8 Å². The number of aromatic nitrogens is 2. The van der Waals surface area contributed by atoms with Gasteiger partial charge in [-0.15, -0.1) is 0 Å². The summed E-state index contributed by atoms with van der Waals surface area (Å²) in [5.74, 6) is 0.579. The van der Waals surface area contributed by atoms with Crippen LogP contribution in [0.15, 0.2) is 6.07 Å². The van der Waals surface area contributed by atoms with Crippen LogP contribution in [-0.4, -0.2) is 41.4 Å². The second-order valence-corrected chi connectivity index (χ2v) is 7.83. The molecule has 5 nitrogen and oxygen atoms in total. The Morgan fingerprint density at radius 2 is 2.25 bits per heavy atom. The van der Waals surface area contributed by atoms with E-state index in [-0.39, 0.29) is 29.9 Å². The fourth-order valence-electron chi connectivity index (χ4n) is 2.97. The fourth-order valence-corrected chi connectivity index (χ4v) is 4.89. The first kappa shape index (κ1) is 15.5. The van der Waals surface area contributed by atoms with Crippen LogP contribution in [0, 0.1) is 11.8 Å². The molecule has 2 heterocycles. The van der Waals surface area contributed by atoms with E-state index in [2.05, 4.69) is 18.1 Å². The van der Waals surface area contributed by atoms with Crippen molar-refractivity contribution in [3.8, 4) is 0 Å². The Kier molecular flexibility index (Phi) is 4.86. The Balaban J connectivity index is 2.12. The van der Waals surface area contributed by atoms with Gasteiger partial charge in [0.25, 0.3) is 0 Å². The highest BCUT2D eigenvalue weighted by molar-refractivity contribution is 7.91. The molecule has 2 atom stereocenters. The van der Waals surface area contributed by atoms with E-state index in [1.54, 1.807) is 0 Å². The average Bonchev–Trinajstić information content (AvgIpc) is 2.98. The van der Waals surface area contributed by atoms with E-state index >= 15 is 0 Å². The van der Waals surface area contributed by atoms with Gasteiger partial charge in [-0.3, -0.25) is 4.68 Å². The first-order valence-electron chi connectivity index (χ1n) is 7.36. The van der Waals surface area contributed by atoms with E-state index in [4.69, 9.17) is 0 Å².